The molecule has 0 fully saturated rings. The summed E-state index contributed by atoms with van der Waals surface area (Å²) < 4.78 is 1.99. The largest absolute Gasteiger partial charge is 0.346 e. The molecule has 0 unspecified atom stereocenters. The molecule has 88 valence electrons. The van der Waals surface area contributed by atoms with E-state index < -0.39 is 0 Å². The van der Waals surface area contributed by atoms with E-state index in [-0.39, 0.29) is 11.9 Å². The van der Waals surface area contributed by atoms with Crippen LogP contribution in [0.25, 0.3) is 0 Å². The summed E-state index contributed by atoms with van der Waals surface area (Å²) in [7, 11) is 0. The smallest absolute Gasteiger partial charge is 0.266 e. The first kappa shape index (κ1) is 11.4. The van der Waals surface area contributed by atoms with Crippen molar-refractivity contribution in [2.24, 2.45) is 5.84 Å². The summed E-state index contributed by atoms with van der Waals surface area (Å²) in [5.74, 6) is 4.82. The van der Waals surface area contributed by atoms with Crippen molar-refractivity contribution in [3.63, 3.8) is 0 Å². The molecule has 1 atom stereocenters. The Hall–Kier alpha value is -2.07. The fourth-order valence-electron chi connectivity index (χ4n) is 1.78. The molecule has 0 aliphatic heterocycles. The summed E-state index contributed by atoms with van der Waals surface area (Å²) >= 11 is 0. The second-order valence-corrected chi connectivity index (χ2v) is 3.91. The van der Waals surface area contributed by atoms with Crippen molar-refractivity contribution in [3.8, 4) is 0 Å². The van der Waals surface area contributed by atoms with Crippen LogP contribution in [0.2, 0.25) is 0 Å². The van der Waals surface area contributed by atoms with Crippen molar-refractivity contribution in [3.05, 3.63) is 59.9 Å². The van der Waals surface area contributed by atoms with E-state index in [0.29, 0.717) is 5.56 Å². The van der Waals surface area contributed by atoms with Gasteiger partial charge in [-0.05, 0) is 18.6 Å². The second-order valence-electron chi connectivity index (χ2n) is 3.91. The highest BCUT2D eigenvalue weighted by Gasteiger charge is 2.10. The van der Waals surface area contributed by atoms with Crippen LogP contribution >= 0.6 is 0 Å². The summed E-state index contributed by atoms with van der Waals surface area (Å²) in [5.41, 5.74) is 3.88. The number of nitrogens with zero attached hydrogens (tertiary/aromatic N) is 1. The zero-order chi connectivity index (χ0) is 12.3. The monoisotopic (exact) mass is 229 g/mol. The molecule has 1 heterocycles. The van der Waals surface area contributed by atoms with Crippen LogP contribution in [-0.2, 0) is 0 Å². The van der Waals surface area contributed by atoms with Crippen LogP contribution in [-0.4, -0.2) is 10.5 Å². The van der Waals surface area contributed by atoms with Crippen LogP contribution in [0.1, 0.15) is 28.9 Å². The van der Waals surface area contributed by atoms with Crippen molar-refractivity contribution >= 4 is 5.91 Å². The van der Waals surface area contributed by atoms with Gasteiger partial charge in [0.15, 0.2) is 0 Å². The predicted octanol–water partition coefficient (Wildman–Crippen LogP) is 1.70. The van der Waals surface area contributed by atoms with Gasteiger partial charge in [-0.25, -0.2) is 5.84 Å². The molecular weight excluding hydrogens is 214 g/mol. The fraction of sp³-hybridized carbons (Fsp3) is 0.154. The molecule has 2 aromatic rings. The van der Waals surface area contributed by atoms with Gasteiger partial charge in [0, 0.05) is 12.4 Å². The Balaban J connectivity index is 2.23. The van der Waals surface area contributed by atoms with Crippen LogP contribution in [0.15, 0.2) is 48.8 Å². The SMILES string of the molecule is C[C@H](c1ccccc1)n1ccc(C(=O)NN)c1. The number of hydrogen-bond donors (Lipinski definition) is 2. The quantitative estimate of drug-likeness (QED) is 0.478. The Kier molecular flexibility index (Phi) is 3.25. The van der Waals surface area contributed by atoms with E-state index in [4.69, 9.17) is 5.84 Å². The maximum Gasteiger partial charge on any atom is 0.266 e. The Morgan fingerprint density at radius 2 is 2.00 bits per heavy atom. The maximum atomic E-state index is 11.3. The number of nitrogens with two attached hydrogens (primary N) is 1. The van der Waals surface area contributed by atoms with Gasteiger partial charge in [-0.15, -0.1) is 0 Å². The van der Waals surface area contributed by atoms with Gasteiger partial charge < -0.3 is 4.57 Å². The predicted molar refractivity (Wildman–Crippen MR) is 66.3 cm³/mol. The number of nitrogen functional groups attached to an aromatic ring is 1. The van der Waals surface area contributed by atoms with E-state index in [9.17, 15) is 4.79 Å². The highest BCUT2D eigenvalue weighted by atomic mass is 16.2. The highest BCUT2D eigenvalue weighted by molar-refractivity contribution is 5.93. The normalized spacial score (nSPS) is 12.1. The summed E-state index contributed by atoms with van der Waals surface area (Å²) in [6.07, 6.45) is 3.67. The van der Waals surface area contributed by atoms with Crippen LogP contribution in [0.4, 0.5) is 0 Å². The Morgan fingerprint density at radius 3 is 2.65 bits per heavy atom. The Morgan fingerprint density at radius 1 is 1.29 bits per heavy atom. The molecule has 1 amide bonds. The molecule has 0 aliphatic rings. The molecule has 1 aromatic carbocycles. The van der Waals surface area contributed by atoms with Crippen molar-refractivity contribution in [1.82, 2.24) is 9.99 Å². The fourth-order valence-corrected chi connectivity index (χ4v) is 1.78. The molecule has 0 radical (unpaired) electrons. The molecular formula is C13H15N3O. The number of nitrogens with one attached hydrogen (secondary N) is 1. The average Bonchev–Trinajstić information content (AvgIpc) is 2.87. The zero-order valence-corrected chi connectivity index (χ0v) is 9.63. The molecule has 17 heavy (non-hydrogen) atoms. The first-order chi connectivity index (χ1) is 8.22. The van der Waals surface area contributed by atoms with E-state index in [1.807, 2.05) is 29.0 Å². The summed E-state index contributed by atoms with van der Waals surface area (Å²) in [6, 6.07) is 12.1. The van der Waals surface area contributed by atoms with Gasteiger partial charge in [0.25, 0.3) is 5.91 Å². The van der Waals surface area contributed by atoms with Gasteiger partial charge in [-0.3, -0.25) is 10.2 Å². The molecule has 0 spiro atoms. The van der Waals surface area contributed by atoms with Crippen molar-refractivity contribution < 1.29 is 4.79 Å². The number of hydrazine groups is 1. The first-order valence-corrected chi connectivity index (χ1v) is 5.45. The molecule has 0 saturated carbocycles. The molecule has 0 aliphatic carbocycles. The minimum atomic E-state index is -0.274. The third-order valence-electron chi connectivity index (χ3n) is 2.84. The van der Waals surface area contributed by atoms with Gasteiger partial charge in [-0.1, -0.05) is 30.3 Å². The topological polar surface area (TPSA) is 60.0 Å². The molecule has 3 N–H and O–H groups in total. The van der Waals surface area contributed by atoms with Crippen LogP contribution < -0.4 is 11.3 Å². The van der Waals surface area contributed by atoms with E-state index in [1.54, 1.807) is 12.3 Å². The van der Waals surface area contributed by atoms with Gasteiger partial charge in [-0.2, -0.15) is 0 Å². The Labute approximate surface area is 100 Å². The van der Waals surface area contributed by atoms with Crippen LogP contribution in [0.5, 0.6) is 0 Å². The minimum Gasteiger partial charge on any atom is -0.346 e. The van der Waals surface area contributed by atoms with Gasteiger partial charge in [0.05, 0.1) is 11.6 Å². The molecule has 4 nitrogen and oxygen atoms in total. The highest BCUT2D eigenvalue weighted by Crippen LogP contribution is 2.18. The first-order valence-electron chi connectivity index (χ1n) is 5.45. The molecule has 4 heteroatoms. The lowest BCUT2D eigenvalue weighted by Gasteiger charge is -2.13. The summed E-state index contributed by atoms with van der Waals surface area (Å²) in [6.45, 7) is 2.08. The lowest BCUT2D eigenvalue weighted by Crippen LogP contribution is -2.29. The lowest BCUT2D eigenvalue weighted by atomic mass is 10.1. The van der Waals surface area contributed by atoms with E-state index in [2.05, 4.69) is 24.5 Å². The average molecular weight is 229 g/mol. The van der Waals surface area contributed by atoms with E-state index in [0.717, 1.165) is 0 Å². The maximum absolute atomic E-state index is 11.3. The van der Waals surface area contributed by atoms with E-state index in [1.165, 1.54) is 5.56 Å². The molecule has 0 bridgehead atoms. The van der Waals surface area contributed by atoms with Crippen molar-refractivity contribution in [1.29, 1.82) is 0 Å². The number of carbonyl (C=O) groups excluding carboxylic acids is 1. The number of rotatable bonds is 3. The molecule has 2 rings (SSSR count). The molecule has 0 saturated heterocycles. The van der Waals surface area contributed by atoms with Gasteiger partial charge in [0.1, 0.15) is 0 Å². The number of carbonyl (C=O) groups is 1. The van der Waals surface area contributed by atoms with Crippen LogP contribution in [0.3, 0.4) is 0 Å². The summed E-state index contributed by atoms with van der Waals surface area (Å²) in [5, 5.41) is 0. The zero-order valence-electron chi connectivity index (χ0n) is 9.63. The third-order valence-corrected chi connectivity index (χ3v) is 2.84. The number of hydrogen-bond acceptors (Lipinski definition) is 2. The number of amides is 1. The lowest BCUT2D eigenvalue weighted by molar-refractivity contribution is 0.0953. The molecule has 1 aromatic heterocycles. The standard InChI is InChI=1S/C13H15N3O/c1-10(11-5-3-2-4-6-11)16-8-7-12(9-16)13(17)15-14/h2-10H,14H2,1H3,(H,15,17)/t10-/m1/s1. The number of benzene rings is 1. The van der Waals surface area contributed by atoms with Gasteiger partial charge >= 0.3 is 0 Å². The summed E-state index contributed by atoms with van der Waals surface area (Å²) in [4.78, 5) is 11.3. The third kappa shape index (κ3) is 2.37. The van der Waals surface area contributed by atoms with Crippen LogP contribution in [0, 0.1) is 0 Å². The van der Waals surface area contributed by atoms with E-state index >= 15 is 0 Å². The Bertz CT molecular complexity index is 504. The second kappa shape index (κ2) is 4.84. The van der Waals surface area contributed by atoms with Crippen molar-refractivity contribution in [2.45, 2.75) is 13.0 Å². The minimum absolute atomic E-state index is 0.190. The van der Waals surface area contributed by atoms with Crippen molar-refractivity contribution in [2.75, 3.05) is 0 Å². The van der Waals surface area contributed by atoms with Gasteiger partial charge in [0.2, 0.25) is 0 Å². The number of aromatic nitrogens is 1.